The van der Waals surface area contributed by atoms with Gasteiger partial charge in [0, 0.05) is 22.9 Å². The van der Waals surface area contributed by atoms with E-state index in [-0.39, 0.29) is 0 Å². The van der Waals surface area contributed by atoms with Crippen LogP contribution in [0.5, 0.6) is 11.8 Å². The molecule has 0 aliphatic carbocycles. The fraction of sp³-hybridized carbons (Fsp3) is 0.222. The third-order valence-electron chi connectivity index (χ3n) is 5.83. The summed E-state index contributed by atoms with van der Waals surface area (Å²) < 4.78 is 14.0. The van der Waals surface area contributed by atoms with Gasteiger partial charge in [-0.15, -0.1) is 0 Å². The molecule has 164 valence electrons. The Morgan fingerprint density at radius 3 is 2.79 bits per heavy atom. The first-order valence-corrected chi connectivity index (χ1v) is 11.0. The van der Waals surface area contributed by atoms with Crippen molar-refractivity contribution in [3.05, 3.63) is 88.1 Å². The maximum atomic E-state index is 9.42. The van der Waals surface area contributed by atoms with E-state index in [9.17, 15) is 5.26 Å². The van der Waals surface area contributed by atoms with Crippen molar-refractivity contribution < 1.29 is 9.47 Å². The number of aromatic nitrogens is 3. The molecule has 0 amide bonds. The van der Waals surface area contributed by atoms with Crippen LogP contribution >= 0.6 is 0 Å². The average molecular weight is 437 g/mol. The molecule has 33 heavy (non-hydrogen) atoms. The van der Waals surface area contributed by atoms with Crippen LogP contribution in [-0.2, 0) is 13.2 Å². The number of nitrogens with zero attached hydrogens (tertiary/aromatic N) is 4. The standard InChI is InChI=1S/C27H24N4O2/c1-4-32-27-30-25-17(2)13-18(3)29-26(25)31(27)15-19-9-10-21-20(14-19)16-33-24-8-6-5-7-23(24)22(21)11-12-28/h5-11,13-14H,4,15-16H2,1-3H3/b22-11-. The smallest absolute Gasteiger partial charge is 0.298 e. The molecule has 0 radical (unpaired) electrons. The quantitative estimate of drug-likeness (QED) is 0.404. The van der Waals surface area contributed by atoms with Crippen LogP contribution in [0.4, 0.5) is 0 Å². The first-order valence-electron chi connectivity index (χ1n) is 11.0. The second-order valence-electron chi connectivity index (χ2n) is 8.13. The number of benzene rings is 2. The fourth-order valence-corrected chi connectivity index (χ4v) is 4.41. The van der Waals surface area contributed by atoms with Gasteiger partial charge in [-0.25, -0.2) is 4.98 Å². The van der Waals surface area contributed by atoms with Gasteiger partial charge in [-0.05, 0) is 61.2 Å². The number of ether oxygens (including phenoxy) is 2. The van der Waals surface area contributed by atoms with Gasteiger partial charge in [-0.2, -0.15) is 10.2 Å². The first-order chi connectivity index (χ1) is 16.1. The fourth-order valence-electron chi connectivity index (χ4n) is 4.41. The molecule has 0 unspecified atom stereocenters. The Bertz CT molecular complexity index is 1440. The number of imidazole rings is 1. The molecule has 6 nitrogen and oxygen atoms in total. The summed E-state index contributed by atoms with van der Waals surface area (Å²) in [7, 11) is 0. The van der Waals surface area contributed by atoms with Crippen LogP contribution in [0.15, 0.2) is 54.6 Å². The van der Waals surface area contributed by atoms with Crippen molar-refractivity contribution in [2.24, 2.45) is 0 Å². The Hall–Kier alpha value is -4.11. The maximum Gasteiger partial charge on any atom is 0.298 e. The molecule has 5 rings (SSSR count). The largest absolute Gasteiger partial charge is 0.488 e. The molecule has 2 aromatic heterocycles. The van der Waals surface area contributed by atoms with Crippen molar-refractivity contribution >= 4 is 16.7 Å². The summed E-state index contributed by atoms with van der Waals surface area (Å²) >= 11 is 0. The van der Waals surface area contributed by atoms with Gasteiger partial charge in [0.1, 0.15) is 17.9 Å². The minimum atomic E-state index is 0.433. The summed E-state index contributed by atoms with van der Waals surface area (Å²) in [5, 5.41) is 9.42. The van der Waals surface area contributed by atoms with E-state index in [2.05, 4.69) is 24.3 Å². The highest BCUT2D eigenvalue weighted by Crippen LogP contribution is 2.37. The molecule has 1 aliphatic rings. The first kappa shape index (κ1) is 20.8. The van der Waals surface area contributed by atoms with E-state index in [0.717, 1.165) is 56.0 Å². The van der Waals surface area contributed by atoms with Gasteiger partial charge in [-0.3, -0.25) is 4.57 Å². The van der Waals surface area contributed by atoms with E-state index in [1.165, 1.54) is 0 Å². The van der Waals surface area contributed by atoms with Crippen LogP contribution in [0, 0.1) is 25.2 Å². The highest BCUT2D eigenvalue weighted by molar-refractivity contribution is 5.86. The molecule has 3 heterocycles. The monoisotopic (exact) mass is 436 g/mol. The summed E-state index contributed by atoms with van der Waals surface area (Å²) in [5.41, 5.74) is 8.64. The van der Waals surface area contributed by atoms with Gasteiger partial charge in [-0.1, -0.05) is 30.3 Å². The third kappa shape index (κ3) is 3.72. The number of rotatable bonds is 4. The van der Waals surface area contributed by atoms with Gasteiger partial charge in [0.15, 0.2) is 5.65 Å². The maximum absolute atomic E-state index is 9.42. The van der Waals surface area contributed by atoms with Gasteiger partial charge in [0.05, 0.1) is 19.2 Å². The Morgan fingerprint density at radius 2 is 1.97 bits per heavy atom. The van der Waals surface area contributed by atoms with Crippen LogP contribution in [0.25, 0.3) is 16.7 Å². The lowest BCUT2D eigenvalue weighted by Crippen LogP contribution is -2.07. The molecule has 0 saturated heterocycles. The van der Waals surface area contributed by atoms with Crippen LogP contribution in [0.1, 0.15) is 40.4 Å². The number of allylic oxidation sites excluding steroid dienone is 1. The van der Waals surface area contributed by atoms with Gasteiger partial charge in [0.25, 0.3) is 6.01 Å². The lowest BCUT2D eigenvalue weighted by molar-refractivity contribution is 0.300. The number of para-hydroxylation sites is 1. The lowest BCUT2D eigenvalue weighted by atomic mass is 9.93. The summed E-state index contributed by atoms with van der Waals surface area (Å²) in [6.45, 7) is 7.52. The summed E-state index contributed by atoms with van der Waals surface area (Å²) in [4.78, 5) is 9.47. The summed E-state index contributed by atoms with van der Waals surface area (Å²) in [5.74, 6) is 0.783. The number of hydrogen-bond donors (Lipinski definition) is 0. The number of nitriles is 1. The van der Waals surface area contributed by atoms with Crippen LogP contribution in [0.2, 0.25) is 0 Å². The van der Waals surface area contributed by atoms with Crippen molar-refractivity contribution in [1.82, 2.24) is 14.5 Å². The molecule has 1 aliphatic heterocycles. The Balaban J connectivity index is 1.59. The van der Waals surface area contributed by atoms with E-state index >= 15 is 0 Å². The SMILES string of the molecule is CCOc1nc2c(C)cc(C)nc2n1Cc1ccc2c(c1)COc1ccccc1/C2=C\C#N. The Morgan fingerprint density at radius 1 is 1.12 bits per heavy atom. The van der Waals surface area contributed by atoms with Crippen molar-refractivity contribution in [2.75, 3.05) is 6.61 Å². The van der Waals surface area contributed by atoms with Crippen LogP contribution in [0.3, 0.4) is 0 Å². The zero-order valence-corrected chi connectivity index (χ0v) is 18.9. The lowest BCUT2D eigenvalue weighted by Gasteiger charge is -2.13. The highest BCUT2D eigenvalue weighted by Gasteiger charge is 2.21. The number of aryl methyl sites for hydroxylation is 2. The normalized spacial score (nSPS) is 13.7. The summed E-state index contributed by atoms with van der Waals surface area (Å²) in [6.07, 6.45) is 1.60. The minimum absolute atomic E-state index is 0.433. The van der Waals surface area contributed by atoms with E-state index in [1.807, 2.05) is 55.7 Å². The topological polar surface area (TPSA) is 73.0 Å². The number of hydrogen-bond acceptors (Lipinski definition) is 5. The molecule has 0 N–H and O–H groups in total. The number of fused-ring (bicyclic) bond motifs is 3. The molecule has 6 heteroatoms. The predicted molar refractivity (Wildman–Crippen MR) is 127 cm³/mol. The molecule has 4 aromatic rings. The zero-order chi connectivity index (χ0) is 22.9. The van der Waals surface area contributed by atoms with Crippen molar-refractivity contribution in [1.29, 1.82) is 5.26 Å². The molecular weight excluding hydrogens is 412 g/mol. The average Bonchev–Trinajstić information content (AvgIpc) is 3.05. The third-order valence-corrected chi connectivity index (χ3v) is 5.83. The second kappa shape index (κ2) is 8.44. The van der Waals surface area contributed by atoms with E-state index in [1.54, 1.807) is 6.08 Å². The molecule has 0 atom stereocenters. The van der Waals surface area contributed by atoms with Crippen molar-refractivity contribution in [2.45, 2.75) is 33.9 Å². The van der Waals surface area contributed by atoms with Gasteiger partial charge in [0.2, 0.25) is 0 Å². The molecule has 0 saturated carbocycles. The van der Waals surface area contributed by atoms with Gasteiger partial charge >= 0.3 is 0 Å². The predicted octanol–water partition coefficient (Wildman–Crippen LogP) is 5.34. The molecular formula is C27H24N4O2. The van der Waals surface area contributed by atoms with Crippen LogP contribution in [-0.4, -0.2) is 21.1 Å². The van der Waals surface area contributed by atoms with Gasteiger partial charge < -0.3 is 9.47 Å². The molecule has 0 spiro atoms. The van der Waals surface area contributed by atoms with Crippen molar-refractivity contribution in [3.8, 4) is 17.8 Å². The zero-order valence-electron chi connectivity index (χ0n) is 18.9. The Labute approximate surface area is 192 Å². The Kier molecular flexibility index (Phi) is 5.31. The van der Waals surface area contributed by atoms with Crippen molar-refractivity contribution in [3.63, 3.8) is 0 Å². The van der Waals surface area contributed by atoms with E-state index < -0.39 is 0 Å². The van der Waals surface area contributed by atoms with E-state index in [4.69, 9.17) is 19.4 Å². The molecule has 2 aromatic carbocycles. The van der Waals surface area contributed by atoms with E-state index in [0.29, 0.717) is 25.8 Å². The molecule has 0 bridgehead atoms. The molecule has 0 fully saturated rings. The second-order valence-corrected chi connectivity index (χ2v) is 8.13. The highest BCUT2D eigenvalue weighted by atomic mass is 16.5. The number of pyridine rings is 1. The summed E-state index contributed by atoms with van der Waals surface area (Å²) in [6, 6.07) is 18.9. The minimum Gasteiger partial charge on any atom is -0.488 e. The van der Waals surface area contributed by atoms with Crippen LogP contribution < -0.4 is 9.47 Å².